The van der Waals surface area contributed by atoms with Crippen molar-refractivity contribution in [3.05, 3.63) is 29.8 Å². The van der Waals surface area contributed by atoms with E-state index in [1.165, 1.54) is 5.56 Å². The Hall–Kier alpha value is -1.51. The number of amides is 1. The maximum absolute atomic E-state index is 12.1. The fourth-order valence-electron chi connectivity index (χ4n) is 2.35. The van der Waals surface area contributed by atoms with Gasteiger partial charge in [0.25, 0.3) is 0 Å². The van der Waals surface area contributed by atoms with E-state index in [4.69, 9.17) is 4.74 Å². The number of benzene rings is 1. The summed E-state index contributed by atoms with van der Waals surface area (Å²) in [7, 11) is 0. The third-order valence-electron chi connectivity index (χ3n) is 3.29. The fraction of sp³-hybridized carbons (Fsp3) is 0.500. The van der Waals surface area contributed by atoms with E-state index in [1.54, 1.807) is 4.90 Å². The lowest BCUT2D eigenvalue weighted by Crippen LogP contribution is -2.51. The summed E-state index contributed by atoms with van der Waals surface area (Å²) in [5.41, 5.74) is 2.03. The number of ether oxygens (including phenoxy) is 1. The molecular formula is C14H19NO2. The number of aryl methyl sites for hydroxylation is 1. The summed E-state index contributed by atoms with van der Waals surface area (Å²) in [6.45, 7) is 6.41. The molecule has 1 amide bonds. The average molecular weight is 233 g/mol. The Morgan fingerprint density at radius 3 is 2.82 bits per heavy atom. The third kappa shape index (κ3) is 2.14. The molecule has 0 N–H and O–H groups in total. The van der Waals surface area contributed by atoms with E-state index in [0.29, 0.717) is 6.61 Å². The Morgan fingerprint density at radius 1 is 1.41 bits per heavy atom. The van der Waals surface area contributed by atoms with Gasteiger partial charge in [0.2, 0.25) is 0 Å². The first-order chi connectivity index (χ1) is 8.06. The van der Waals surface area contributed by atoms with Crippen molar-refractivity contribution >= 4 is 11.8 Å². The molecule has 0 bridgehead atoms. The first-order valence-electron chi connectivity index (χ1n) is 6.11. The molecule has 1 aliphatic rings. The molecule has 17 heavy (non-hydrogen) atoms. The van der Waals surface area contributed by atoms with Crippen molar-refractivity contribution in [3.63, 3.8) is 0 Å². The Kier molecular flexibility index (Phi) is 3.09. The maximum Gasteiger partial charge on any atom is 0.414 e. The molecule has 0 spiro atoms. The van der Waals surface area contributed by atoms with E-state index in [2.05, 4.69) is 19.9 Å². The molecule has 0 radical (unpaired) electrons. The lowest BCUT2D eigenvalue weighted by Gasteiger charge is -2.42. The predicted molar refractivity (Wildman–Crippen MR) is 68.3 cm³/mol. The fourth-order valence-corrected chi connectivity index (χ4v) is 2.35. The highest BCUT2D eigenvalue weighted by Crippen LogP contribution is 2.36. The summed E-state index contributed by atoms with van der Waals surface area (Å²) >= 11 is 0. The minimum atomic E-state index is -0.246. The number of hydrogen-bond donors (Lipinski definition) is 0. The van der Waals surface area contributed by atoms with Gasteiger partial charge in [-0.2, -0.15) is 0 Å². The van der Waals surface area contributed by atoms with Crippen LogP contribution in [0, 0.1) is 0 Å². The van der Waals surface area contributed by atoms with Crippen LogP contribution in [0.4, 0.5) is 10.5 Å². The Bertz CT molecular complexity index is 426. The number of hydrogen-bond acceptors (Lipinski definition) is 2. The third-order valence-corrected chi connectivity index (χ3v) is 3.29. The van der Waals surface area contributed by atoms with Crippen molar-refractivity contribution in [2.24, 2.45) is 0 Å². The van der Waals surface area contributed by atoms with E-state index >= 15 is 0 Å². The average Bonchev–Trinajstić information content (AvgIpc) is 2.28. The summed E-state index contributed by atoms with van der Waals surface area (Å²) in [6.07, 6.45) is 1.73. The zero-order valence-electron chi connectivity index (χ0n) is 10.7. The second-order valence-electron chi connectivity index (χ2n) is 4.98. The monoisotopic (exact) mass is 233 g/mol. The van der Waals surface area contributed by atoms with Gasteiger partial charge in [-0.15, -0.1) is 0 Å². The van der Waals surface area contributed by atoms with Gasteiger partial charge in [0.1, 0.15) is 0 Å². The van der Waals surface area contributed by atoms with E-state index in [1.807, 2.05) is 25.1 Å². The van der Waals surface area contributed by atoms with Crippen LogP contribution in [0.15, 0.2) is 24.3 Å². The van der Waals surface area contributed by atoms with E-state index in [9.17, 15) is 4.79 Å². The molecule has 0 atom stereocenters. The zero-order valence-corrected chi connectivity index (χ0v) is 10.7. The first-order valence-corrected chi connectivity index (χ1v) is 6.11. The molecule has 3 heteroatoms. The largest absolute Gasteiger partial charge is 0.449 e. The minimum Gasteiger partial charge on any atom is -0.449 e. The van der Waals surface area contributed by atoms with Gasteiger partial charge in [-0.3, -0.25) is 4.90 Å². The van der Waals surface area contributed by atoms with Crippen LogP contribution in [0.1, 0.15) is 32.8 Å². The highest BCUT2D eigenvalue weighted by Gasteiger charge is 2.37. The normalized spacial score (nSPS) is 17.5. The highest BCUT2D eigenvalue weighted by molar-refractivity contribution is 5.90. The standard InChI is InChI=1S/C14H19NO2/c1-4-17-13(16)15-12-8-6-5-7-11(12)9-10-14(15,2)3/h5-8H,4,9-10H2,1-3H3. The van der Waals surface area contributed by atoms with Crippen LogP contribution in [0.3, 0.4) is 0 Å². The van der Waals surface area contributed by atoms with E-state index < -0.39 is 0 Å². The smallest absolute Gasteiger partial charge is 0.414 e. The van der Waals surface area contributed by atoms with Crippen LogP contribution in [0.25, 0.3) is 0 Å². The van der Waals surface area contributed by atoms with Gasteiger partial charge in [0.15, 0.2) is 0 Å². The summed E-state index contributed by atoms with van der Waals surface area (Å²) in [5.74, 6) is 0. The molecular weight excluding hydrogens is 214 g/mol. The van der Waals surface area contributed by atoms with E-state index in [-0.39, 0.29) is 11.6 Å². The van der Waals surface area contributed by atoms with Crippen LogP contribution in [0.5, 0.6) is 0 Å². The lowest BCUT2D eigenvalue weighted by atomic mass is 9.87. The second-order valence-corrected chi connectivity index (χ2v) is 4.98. The Morgan fingerprint density at radius 2 is 2.12 bits per heavy atom. The number of carbonyl (C=O) groups excluding carboxylic acids is 1. The van der Waals surface area contributed by atoms with Crippen LogP contribution >= 0.6 is 0 Å². The van der Waals surface area contributed by atoms with Crippen LogP contribution in [0.2, 0.25) is 0 Å². The summed E-state index contributed by atoms with van der Waals surface area (Å²) in [6, 6.07) is 8.05. The molecule has 92 valence electrons. The molecule has 0 aromatic heterocycles. The van der Waals surface area contributed by atoms with Gasteiger partial charge in [0, 0.05) is 5.54 Å². The van der Waals surface area contributed by atoms with Crippen molar-refractivity contribution in [3.8, 4) is 0 Å². The van der Waals surface area contributed by atoms with Crippen LogP contribution in [-0.2, 0) is 11.2 Å². The van der Waals surface area contributed by atoms with Crippen molar-refractivity contribution in [2.75, 3.05) is 11.5 Å². The van der Waals surface area contributed by atoms with Crippen molar-refractivity contribution in [1.29, 1.82) is 0 Å². The molecule has 0 saturated heterocycles. The number of fused-ring (bicyclic) bond motifs is 1. The first kappa shape index (κ1) is 12.0. The van der Waals surface area contributed by atoms with Gasteiger partial charge in [-0.1, -0.05) is 18.2 Å². The molecule has 1 aliphatic heterocycles. The van der Waals surface area contributed by atoms with Gasteiger partial charge < -0.3 is 4.74 Å². The van der Waals surface area contributed by atoms with Gasteiger partial charge in [0.05, 0.1) is 12.3 Å². The van der Waals surface area contributed by atoms with Gasteiger partial charge in [-0.05, 0) is 45.2 Å². The molecule has 1 heterocycles. The molecule has 0 aliphatic carbocycles. The predicted octanol–water partition coefficient (Wildman–Crippen LogP) is 3.37. The van der Waals surface area contributed by atoms with Gasteiger partial charge in [-0.25, -0.2) is 4.79 Å². The number of anilines is 1. The van der Waals surface area contributed by atoms with Crippen LogP contribution in [-0.4, -0.2) is 18.2 Å². The SMILES string of the molecule is CCOC(=O)N1c2ccccc2CCC1(C)C. The summed E-state index contributed by atoms with van der Waals surface area (Å²) in [5, 5.41) is 0. The Labute approximate surface area is 102 Å². The number of nitrogens with zero attached hydrogens (tertiary/aromatic N) is 1. The Balaban J connectivity index is 2.42. The molecule has 0 saturated carbocycles. The van der Waals surface area contributed by atoms with Crippen molar-refractivity contribution < 1.29 is 9.53 Å². The molecule has 0 fully saturated rings. The quantitative estimate of drug-likeness (QED) is 0.744. The molecule has 2 rings (SSSR count). The maximum atomic E-state index is 12.1. The number of rotatable bonds is 1. The number of para-hydroxylation sites is 1. The molecule has 1 aromatic carbocycles. The number of carbonyl (C=O) groups is 1. The topological polar surface area (TPSA) is 29.5 Å². The molecule has 0 unspecified atom stereocenters. The van der Waals surface area contributed by atoms with Gasteiger partial charge >= 0.3 is 6.09 Å². The van der Waals surface area contributed by atoms with Crippen LogP contribution < -0.4 is 4.90 Å². The lowest BCUT2D eigenvalue weighted by molar-refractivity contribution is 0.151. The minimum absolute atomic E-state index is 0.180. The van der Waals surface area contributed by atoms with Crippen molar-refractivity contribution in [1.82, 2.24) is 0 Å². The van der Waals surface area contributed by atoms with Crippen molar-refractivity contribution in [2.45, 2.75) is 39.2 Å². The molecule has 1 aromatic rings. The zero-order chi connectivity index (χ0) is 12.5. The van der Waals surface area contributed by atoms with E-state index in [0.717, 1.165) is 18.5 Å². The summed E-state index contributed by atoms with van der Waals surface area (Å²) in [4.78, 5) is 13.9. The molecule has 3 nitrogen and oxygen atoms in total. The second kappa shape index (κ2) is 4.40. The summed E-state index contributed by atoms with van der Waals surface area (Å²) < 4.78 is 5.16. The highest BCUT2D eigenvalue weighted by atomic mass is 16.6.